The van der Waals surface area contributed by atoms with Crippen molar-refractivity contribution in [1.29, 1.82) is 0 Å². The van der Waals surface area contributed by atoms with Crippen molar-refractivity contribution in [2.75, 3.05) is 13.7 Å². The van der Waals surface area contributed by atoms with Crippen LogP contribution in [0.25, 0.3) is 0 Å². The molecule has 2 aliphatic rings. The maximum absolute atomic E-state index is 12.7. The lowest BCUT2D eigenvalue weighted by molar-refractivity contribution is 0.0237. The molecule has 0 unspecified atom stereocenters. The summed E-state index contributed by atoms with van der Waals surface area (Å²) in [5, 5.41) is -0.161. The largest absolute Gasteiger partial charge is 0.497 e. The lowest BCUT2D eigenvalue weighted by Crippen LogP contribution is -2.36. The third-order valence-corrected chi connectivity index (χ3v) is 7.39. The fourth-order valence-electron chi connectivity index (χ4n) is 3.79. The lowest BCUT2D eigenvalue weighted by atomic mass is 9.82. The van der Waals surface area contributed by atoms with Gasteiger partial charge in [-0.3, -0.25) is 0 Å². The summed E-state index contributed by atoms with van der Waals surface area (Å²) >= 11 is 5.88. The Hall–Kier alpha value is -2.35. The minimum absolute atomic E-state index is 0.206. The maximum Gasteiger partial charge on any atom is 0.338 e. The van der Waals surface area contributed by atoms with Gasteiger partial charge in [-0.05, 0) is 47.5 Å². The molecule has 0 saturated carbocycles. The van der Waals surface area contributed by atoms with E-state index in [0.29, 0.717) is 10.6 Å². The average molecular weight is 434 g/mol. The Labute approximate surface area is 174 Å². The monoisotopic (exact) mass is 433 g/mol. The summed E-state index contributed by atoms with van der Waals surface area (Å²) in [5.41, 5.74) is 2.10. The zero-order chi connectivity index (χ0) is 20.6. The van der Waals surface area contributed by atoms with Gasteiger partial charge < -0.3 is 9.47 Å². The van der Waals surface area contributed by atoms with E-state index in [2.05, 4.69) is 4.72 Å². The summed E-state index contributed by atoms with van der Waals surface area (Å²) < 4.78 is 38.2. The molecule has 29 heavy (non-hydrogen) atoms. The second-order valence-electron chi connectivity index (χ2n) is 7.08. The highest BCUT2D eigenvalue weighted by molar-refractivity contribution is 7.90. The molecular weight excluding hydrogens is 414 g/mol. The fourth-order valence-corrected chi connectivity index (χ4v) is 5.49. The molecule has 0 bridgehead atoms. The van der Waals surface area contributed by atoms with Crippen LogP contribution < -0.4 is 9.46 Å². The Balaban J connectivity index is 1.66. The number of hydrogen-bond donors (Lipinski definition) is 1. The van der Waals surface area contributed by atoms with Gasteiger partial charge in [0.25, 0.3) is 0 Å². The van der Waals surface area contributed by atoms with Crippen molar-refractivity contribution >= 4 is 27.6 Å². The summed E-state index contributed by atoms with van der Waals surface area (Å²) in [4.78, 5) is 12.7. The van der Waals surface area contributed by atoms with Crippen molar-refractivity contribution in [3.8, 4) is 5.75 Å². The third-order valence-electron chi connectivity index (χ3n) is 5.35. The summed E-state index contributed by atoms with van der Waals surface area (Å²) in [6, 6.07) is 13.9. The van der Waals surface area contributed by atoms with Crippen LogP contribution in [0, 0.1) is 0 Å². The number of hydrogen-bond acceptors (Lipinski definition) is 5. The summed E-state index contributed by atoms with van der Waals surface area (Å²) in [5.74, 6) is -0.0428. The van der Waals surface area contributed by atoms with E-state index in [1.807, 2.05) is 30.3 Å². The van der Waals surface area contributed by atoms with Gasteiger partial charge in [-0.25, -0.2) is 17.9 Å². The minimum atomic E-state index is -3.45. The molecule has 6 nitrogen and oxygen atoms in total. The highest BCUT2D eigenvalue weighted by atomic mass is 35.5. The van der Waals surface area contributed by atoms with Crippen LogP contribution in [0.2, 0.25) is 5.02 Å². The van der Waals surface area contributed by atoms with Crippen LogP contribution >= 0.6 is 11.6 Å². The smallest absolute Gasteiger partial charge is 0.338 e. The van der Waals surface area contributed by atoms with Crippen LogP contribution in [0.1, 0.15) is 28.3 Å². The van der Waals surface area contributed by atoms with Crippen molar-refractivity contribution in [3.63, 3.8) is 0 Å². The molecule has 0 radical (unpaired) electrons. The van der Waals surface area contributed by atoms with Gasteiger partial charge in [0.15, 0.2) is 0 Å². The van der Waals surface area contributed by atoms with Gasteiger partial charge in [0.2, 0.25) is 10.0 Å². The Morgan fingerprint density at radius 2 is 1.79 bits per heavy atom. The SMILES string of the molecule is COc1ccc([C@@H]2C=C3CNS(=O)(=O)[C@H]3C[C@H]2OC(=O)c2ccc(Cl)cc2)cc1. The zero-order valence-corrected chi connectivity index (χ0v) is 17.2. The molecule has 0 amide bonds. The highest BCUT2D eigenvalue weighted by Gasteiger charge is 2.44. The van der Waals surface area contributed by atoms with E-state index in [9.17, 15) is 13.2 Å². The number of carbonyl (C=O) groups excluding carboxylic acids is 1. The molecular formula is C21H20ClNO5S. The first kappa shape index (κ1) is 19.9. The Morgan fingerprint density at radius 1 is 1.10 bits per heavy atom. The minimum Gasteiger partial charge on any atom is -0.497 e. The molecule has 1 N–H and O–H groups in total. The number of sulfonamides is 1. The average Bonchev–Trinajstić information content (AvgIpc) is 3.02. The van der Waals surface area contributed by atoms with Crippen LogP contribution in [0.15, 0.2) is 60.2 Å². The molecule has 152 valence electrons. The van der Waals surface area contributed by atoms with E-state index in [4.69, 9.17) is 21.1 Å². The van der Waals surface area contributed by atoms with E-state index in [-0.39, 0.29) is 18.9 Å². The maximum atomic E-state index is 12.7. The molecule has 2 aromatic rings. The Morgan fingerprint density at radius 3 is 2.45 bits per heavy atom. The molecule has 2 aromatic carbocycles. The van der Waals surface area contributed by atoms with Gasteiger partial charge in [-0.15, -0.1) is 0 Å². The molecule has 4 rings (SSSR count). The van der Waals surface area contributed by atoms with Crippen LogP contribution in [0.5, 0.6) is 5.75 Å². The molecule has 1 heterocycles. The number of nitrogens with one attached hydrogen (secondary N) is 1. The fraction of sp³-hybridized carbons (Fsp3) is 0.286. The number of carbonyl (C=O) groups is 1. The standard InChI is InChI=1S/C21H20ClNO5S/c1-27-17-8-4-13(5-9-17)18-10-15-12-23-29(25,26)20(15)11-19(18)28-21(24)14-2-6-16(22)7-3-14/h2-10,18-20,23H,11-12H2,1H3/t18-,19+,20-/m0/s1. The van der Waals surface area contributed by atoms with Gasteiger partial charge in [-0.2, -0.15) is 0 Å². The van der Waals surface area contributed by atoms with Gasteiger partial charge >= 0.3 is 5.97 Å². The van der Waals surface area contributed by atoms with E-state index in [1.165, 1.54) is 0 Å². The van der Waals surface area contributed by atoms with Gasteiger partial charge in [0.05, 0.1) is 12.7 Å². The molecule has 1 aliphatic carbocycles. The van der Waals surface area contributed by atoms with Crippen molar-refractivity contribution in [2.45, 2.75) is 23.7 Å². The summed E-state index contributed by atoms with van der Waals surface area (Å²) in [7, 11) is -1.86. The highest BCUT2D eigenvalue weighted by Crippen LogP contribution is 2.39. The quantitative estimate of drug-likeness (QED) is 0.591. The zero-order valence-electron chi connectivity index (χ0n) is 15.7. The molecule has 8 heteroatoms. The van der Waals surface area contributed by atoms with Crippen molar-refractivity contribution in [2.24, 2.45) is 0 Å². The van der Waals surface area contributed by atoms with Gasteiger partial charge in [-0.1, -0.05) is 29.8 Å². The number of fused-ring (bicyclic) bond motifs is 1. The van der Waals surface area contributed by atoms with Crippen LogP contribution in [-0.2, 0) is 14.8 Å². The predicted octanol–water partition coefficient (Wildman–Crippen LogP) is 3.29. The van der Waals surface area contributed by atoms with Crippen molar-refractivity contribution < 1.29 is 22.7 Å². The number of halogens is 1. The first-order valence-electron chi connectivity index (χ1n) is 9.17. The second-order valence-corrected chi connectivity index (χ2v) is 9.47. The number of rotatable bonds is 4. The van der Waals surface area contributed by atoms with E-state index in [0.717, 1.165) is 16.9 Å². The Bertz CT molecular complexity index is 1050. The molecule has 1 saturated heterocycles. The first-order chi connectivity index (χ1) is 13.9. The number of esters is 1. The van der Waals surface area contributed by atoms with Crippen molar-refractivity contribution in [1.82, 2.24) is 4.72 Å². The number of ether oxygens (including phenoxy) is 2. The summed E-state index contributed by atoms with van der Waals surface area (Å²) in [6.45, 7) is 0.289. The van der Waals surface area contributed by atoms with Crippen molar-refractivity contribution in [3.05, 3.63) is 76.3 Å². The topological polar surface area (TPSA) is 81.7 Å². The van der Waals surface area contributed by atoms with E-state index < -0.39 is 27.3 Å². The van der Waals surface area contributed by atoms with E-state index in [1.54, 1.807) is 31.4 Å². The van der Waals surface area contributed by atoms with Crippen LogP contribution in [-0.4, -0.2) is 39.4 Å². The van der Waals surface area contributed by atoms with Gasteiger partial charge in [0.1, 0.15) is 17.1 Å². The third kappa shape index (κ3) is 4.03. The lowest BCUT2D eigenvalue weighted by Gasteiger charge is -2.32. The second kappa shape index (κ2) is 7.82. The van der Waals surface area contributed by atoms with Gasteiger partial charge in [0, 0.05) is 23.9 Å². The number of benzene rings is 2. The van der Waals surface area contributed by atoms with E-state index >= 15 is 0 Å². The molecule has 0 spiro atoms. The summed E-state index contributed by atoms with van der Waals surface area (Å²) in [6.07, 6.45) is 1.50. The first-order valence-corrected chi connectivity index (χ1v) is 11.1. The number of methoxy groups -OCH3 is 1. The Kier molecular flexibility index (Phi) is 5.38. The molecule has 3 atom stereocenters. The molecule has 0 aromatic heterocycles. The normalized spacial score (nSPS) is 25.0. The predicted molar refractivity (Wildman–Crippen MR) is 110 cm³/mol. The van der Waals surface area contributed by atoms with Crippen LogP contribution in [0.3, 0.4) is 0 Å². The van der Waals surface area contributed by atoms with Crippen LogP contribution in [0.4, 0.5) is 0 Å². The molecule has 1 fully saturated rings. The molecule has 1 aliphatic heterocycles.